The van der Waals surface area contributed by atoms with Crippen LogP contribution in [0.25, 0.3) is 11.4 Å². The zero-order valence-electron chi connectivity index (χ0n) is 14.5. The van der Waals surface area contributed by atoms with Crippen LogP contribution in [0.15, 0.2) is 72.4 Å². The van der Waals surface area contributed by atoms with Gasteiger partial charge in [-0.05, 0) is 29.8 Å². The summed E-state index contributed by atoms with van der Waals surface area (Å²) >= 11 is 7.24. The van der Waals surface area contributed by atoms with E-state index in [0.717, 1.165) is 11.1 Å². The molecule has 7 heteroatoms. The molecule has 1 aromatic heterocycles. The van der Waals surface area contributed by atoms with Gasteiger partial charge in [0, 0.05) is 17.1 Å². The van der Waals surface area contributed by atoms with E-state index in [0.29, 0.717) is 22.5 Å². The smallest absolute Gasteiger partial charge is 0.316 e. The highest BCUT2D eigenvalue weighted by molar-refractivity contribution is 7.99. The highest BCUT2D eigenvalue weighted by Crippen LogP contribution is 2.25. The third-order valence-corrected chi connectivity index (χ3v) is 4.88. The Kier molecular flexibility index (Phi) is 6.68. The molecule has 1 heterocycles. The summed E-state index contributed by atoms with van der Waals surface area (Å²) in [7, 11) is 0. The third-order valence-electron chi connectivity index (χ3n) is 3.69. The van der Waals surface area contributed by atoms with E-state index in [9.17, 15) is 4.79 Å². The van der Waals surface area contributed by atoms with E-state index in [4.69, 9.17) is 16.3 Å². The number of hydrogen-bond acceptors (Lipinski definition) is 5. The monoisotopic (exact) mass is 399 g/mol. The van der Waals surface area contributed by atoms with E-state index in [1.54, 1.807) is 18.2 Å². The number of hydrogen-bond donors (Lipinski definition) is 0. The van der Waals surface area contributed by atoms with Gasteiger partial charge in [-0.3, -0.25) is 9.36 Å². The Labute approximate surface area is 167 Å². The standard InChI is InChI=1S/C20H18ClN3O2S/c1-2-12-24-19(16-8-10-17(21)11-9-16)22-23-20(24)27-14-18(25)26-13-15-6-4-3-5-7-15/h2-11H,1,12-14H2. The van der Waals surface area contributed by atoms with Gasteiger partial charge in [0.15, 0.2) is 11.0 Å². The second-order valence-electron chi connectivity index (χ2n) is 5.65. The first kappa shape index (κ1) is 19.2. The lowest BCUT2D eigenvalue weighted by Crippen LogP contribution is -2.08. The fourth-order valence-electron chi connectivity index (χ4n) is 2.40. The van der Waals surface area contributed by atoms with Gasteiger partial charge in [-0.25, -0.2) is 0 Å². The summed E-state index contributed by atoms with van der Waals surface area (Å²) in [4.78, 5) is 12.0. The maximum absolute atomic E-state index is 12.0. The van der Waals surface area contributed by atoms with Crippen molar-refractivity contribution in [2.24, 2.45) is 0 Å². The lowest BCUT2D eigenvalue weighted by Gasteiger charge is -2.08. The van der Waals surface area contributed by atoms with Crippen molar-refractivity contribution in [3.05, 3.63) is 77.8 Å². The Morgan fingerprint density at radius 1 is 1.15 bits per heavy atom. The first-order valence-corrected chi connectivity index (χ1v) is 9.66. The summed E-state index contributed by atoms with van der Waals surface area (Å²) < 4.78 is 7.21. The molecular formula is C20H18ClN3O2S. The summed E-state index contributed by atoms with van der Waals surface area (Å²) in [6, 6.07) is 16.9. The molecule has 27 heavy (non-hydrogen) atoms. The van der Waals surface area contributed by atoms with Gasteiger partial charge in [0.25, 0.3) is 0 Å². The van der Waals surface area contributed by atoms with Crippen LogP contribution in [-0.2, 0) is 22.7 Å². The number of ether oxygens (including phenoxy) is 1. The number of benzene rings is 2. The zero-order valence-corrected chi connectivity index (χ0v) is 16.1. The number of carbonyl (C=O) groups is 1. The molecule has 0 unspecified atom stereocenters. The number of esters is 1. The van der Waals surface area contributed by atoms with Crippen molar-refractivity contribution in [1.29, 1.82) is 0 Å². The quantitative estimate of drug-likeness (QED) is 0.314. The van der Waals surface area contributed by atoms with Crippen molar-refractivity contribution < 1.29 is 9.53 Å². The molecule has 0 saturated heterocycles. The van der Waals surface area contributed by atoms with Crippen LogP contribution in [0.5, 0.6) is 0 Å². The molecule has 0 spiro atoms. The maximum Gasteiger partial charge on any atom is 0.316 e. The molecule has 3 aromatic rings. The molecule has 5 nitrogen and oxygen atoms in total. The van der Waals surface area contributed by atoms with Gasteiger partial charge in [0.05, 0.1) is 5.75 Å². The average molecular weight is 400 g/mol. The summed E-state index contributed by atoms with van der Waals surface area (Å²) in [5, 5.41) is 9.76. The molecule has 0 bridgehead atoms. The van der Waals surface area contributed by atoms with E-state index in [1.165, 1.54) is 11.8 Å². The van der Waals surface area contributed by atoms with Crippen LogP contribution in [0.3, 0.4) is 0 Å². The molecule has 0 aliphatic rings. The first-order valence-electron chi connectivity index (χ1n) is 8.30. The van der Waals surface area contributed by atoms with E-state index >= 15 is 0 Å². The molecule has 0 N–H and O–H groups in total. The largest absolute Gasteiger partial charge is 0.460 e. The number of thioether (sulfide) groups is 1. The Hall–Kier alpha value is -2.57. The number of nitrogens with zero attached hydrogens (tertiary/aromatic N) is 3. The Bertz CT molecular complexity index is 911. The van der Waals surface area contributed by atoms with Crippen LogP contribution in [0.4, 0.5) is 0 Å². The average Bonchev–Trinajstić information content (AvgIpc) is 3.09. The minimum absolute atomic E-state index is 0.155. The van der Waals surface area contributed by atoms with Crippen molar-refractivity contribution in [3.8, 4) is 11.4 Å². The molecular weight excluding hydrogens is 382 g/mol. The fourth-order valence-corrected chi connectivity index (χ4v) is 3.28. The number of halogens is 1. The molecule has 0 atom stereocenters. The first-order chi connectivity index (χ1) is 13.2. The van der Waals surface area contributed by atoms with Crippen LogP contribution in [0.2, 0.25) is 5.02 Å². The van der Waals surface area contributed by atoms with E-state index in [2.05, 4.69) is 16.8 Å². The van der Waals surface area contributed by atoms with Crippen LogP contribution < -0.4 is 0 Å². The van der Waals surface area contributed by atoms with Crippen molar-refractivity contribution in [2.75, 3.05) is 5.75 Å². The molecule has 0 radical (unpaired) electrons. The molecule has 0 aliphatic heterocycles. The number of aromatic nitrogens is 3. The Morgan fingerprint density at radius 2 is 1.89 bits per heavy atom. The van der Waals surface area contributed by atoms with Crippen LogP contribution in [0, 0.1) is 0 Å². The van der Waals surface area contributed by atoms with Gasteiger partial charge in [-0.15, -0.1) is 16.8 Å². The van der Waals surface area contributed by atoms with Gasteiger partial charge in [-0.1, -0.05) is 59.8 Å². The third kappa shape index (κ3) is 5.21. The molecule has 0 aliphatic carbocycles. The molecule has 3 rings (SSSR count). The zero-order chi connectivity index (χ0) is 19.1. The van der Waals surface area contributed by atoms with Gasteiger partial charge in [-0.2, -0.15) is 0 Å². The second kappa shape index (κ2) is 9.39. The predicted octanol–water partition coefficient (Wildman–Crippen LogP) is 4.62. The van der Waals surface area contributed by atoms with E-state index < -0.39 is 0 Å². The van der Waals surface area contributed by atoms with Crippen molar-refractivity contribution in [1.82, 2.24) is 14.8 Å². The molecule has 0 fully saturated rings. The minimum Gasteiger partial charge on any atom is -0.460 e. The van der Waals surface area contributed by atoms with Gasteiger partial charge >= 0.3 is 5.97 Å². The molecule has 0 amide bonds. The Morgan fingerprint density at radius 3 is 2.59 bits per heavy atom. The van der Waals surface area contributed by atoms with Crippen molar-refractivity contribution >= 4 is 29.3 Å². The molecule has 2 aromatic carbocycles. The lowest BCUT2D eigenvalue weighted by atomic mass is 10.2. The predicted molar refractivity (Wildman–Crippen MR) is 108 cm³/mol. The summed E-state index contributed by atoms with van der Waals surface area (Å²) in [6.07, 6.45) is 1.76. The molecule has 0 saturated carbocycles. The highest BCUT2D eigenvalue weighted by Gasteiger charge is 2.15. The normalized spacial score (nSPS) is 10.6. The lowest BCUT2D eigenvalue weighted by molar-refractivity contribution is -0.141. The fraction of sp³-hybridized carbons (Fsp3) is 0.150. The van der Waals surface area contributed by atoms with E-state index in [1.807, 2.05) is 47.0 Å². The van der Waals surface area contributed by atoms with E-state index in [-0.39, 0.29) is 18.3 Å². The summed E-state index contributed by atoms with van der Waals surface area (Å²) in [5.74, 6) is 0.555. The maximum atomic E-state index is 12.0. The SMILES string of the molecule is C=CCn1c(SCC(=O)OCc2ccccc2)nnc1-c1ccc(Cl)cc1. The van der Waals surface area contributed by atoms with Gasteiger partial charge < -0.3 is 4.74 Å². The van der Waals surface area contributed by atoms with Crippen LogP contribution in [-0.4, -0.2) is 26.5 Å². The highest BCUT2D eigenvalue weighted by atomic mass is 35.5. The molecule has 138 valence electrons. The number of rotatable bonds is 8. The Balaban J connectivity index is 1.65. The number of allylic oxidation sites excluding steroid dienone is 1. The topological polar surface area (TPSA) is 57.0 Å². The number of carbonyl (C=O) groups excluding carboxylic acids is 1. The van der Waals surface area contributed by atoms with Crippen molar-refractivity contribution in [3.63, 3.8) is 0 Å². The van der Waals surface area contributed by atoms with Crippen LogP contribution in [0.1, 0.15) is 5.56 Å². The minimum atomic E-state index is -0.301. The summed E-state index contributed by atoms with van der Waals surface area (Å²) in [6.45, 7) is 4.58. The van der Waals surface area contributed by atoms with Crippen molar-refractivity contribution in [2.45, 2.75) is 18.3 Å². The van der Waals surface area contributed by atoms with Gasteiger partial charge in [0.1, 0.15) is 6.61 Å². The van der Waals surface area contributed by atoms with Gasteiger partial charge in [0.2, 0.25) is 0 Å². The summed E-state index contributed by atoms with van der Waals surface area (Å²) in [5.41, 5.74) is 1.85. The van der Waals surface area contributed by atoms with Crippen LogP contribution >= 0.6 is 23.4 Å². The second-order valence-corrected chi connectivity index (χ2v) is 7.03.